The zero-order valence-corrected chi connectivity index (χ0v) is 13.1. The largest absolute Gasteiger partial charge is 0.377 e. The molecule has 1 unspecified atom stereocenters. The van der Waals surface area contributed by atoms with E-state index in [0.717, 1.165) is 11.4 Å². The quantitative estimate of drug-likeness (QED) is 0.922. The van der Waals surface area contributed by atoms with Crippen molar-refractivity contribution in [2.45, 2.75) is 17.9 Å². The third-order valence-corrected chi connectivity index (χ3v) is 4.98. The Kier molecular flexibility index (Phi) is 4.59. The molecule has 5 nitrogen and oxygen atoms in total. The van der Waals surface area contributed by atoms with Crippen LogP contribution in [0.3, 0.4) is 0 Å². The highest BCUT2D eigenvalue weighted by atomic mass is 32.2. The lowest BCUT2D eigenvalue weighted by Gasteiger charge is -2.16. The Morgan fingerprint density at radius 1 is 1.10 bits per heavy atom. The van der Waals surface area contributed by atoms with Gasteiger partial charge in [-0.05, 0) is 43.3 Å². The molecule has 2 rings (SSSR count). The molecule has 21 heavy (non-hydrogen) atoms. The number of aromatic nitrogens is 1. The number of nitrogens with one attached hydrogen (secondary N) is 1. The van der Waals surface area contributed by atoms with Crippen LogP contribution in [0.5, 0.6) is 0 Å². The lowest BCUT2D eigenvalue weighted by Crippen LogP contribution is -2.22. The molecular formula is C15H19N3O2S. The van der Waals surface area contributed by atoms with Crippen molar-refractivity contribution in [2.24, 2.45) is 0 Å². The van der Waals surface area contributed by atoms with E-state index in [1.165, 1.54) is 18.4 Å². The second kappa shape index (κ2) is 6.24. The van der Waals surface area contributed by atoms with Crippen molar-refractivity contribution in [3.8, 4) is 0 Å². The van der Waals surface area contributed by atoms with Crippen LogP contribution in [0.15, 0.2) is 53.6 Å². The molecule has 0 bridgehead atoms. The van der Waals surface area contributed by atoms with Gasteiger partial charge in [0.05, 0.1) is 16.6 Å². The summed E-state index contributed by atoms with van der Waals surface area (Å²) in [6.07, 6.45) is 1.75. The fourth-order valence-corrected chi connectivity index (χ4v) is 2.79. The maximum atomic E-state index is 12.0. The molecule has 1 N–H and O–H groups in total. The van der Waals surface area contributed by atoms with E-state index in [1.54, 1.807) is 30.5 Å². The average molecular weight is 305 g/mol. The zero-order chi connectivity index (χ0) is 15.5. The molecule has 0 aliphatic rings. The van der Waals surface area contributed by atoms with Gasteiger partial charge in [0.2, 0.25) is 10.0 Å². The minimum atomic E-state index is -3.38. The molecule has 0 aliphatic carbocycles. The van der Waals surface area contributed by atoms with Gasteiger partial charge in [-0.15, -0.1) is 0 Å². The molecule has 0 saturated heterocycles. The summed E-state index contributed by atoms with van der Waals surface area (Å²) in [6.45, 7) is 2.01. The maximum absolute atomic E-state index is 12.0. The first-order valence-electron chi connectivity index (χ1n) is 6.61. The monoisotopic (exact) mass is 305 g/mol. The fourth-order valence-electron chi connectivity index (χ4n) is 1.89. The molecule has 0 spiro atoms. The summed E-state index contributed by atoms with van der Waals surface area (Å²) in [6, 6.07) is 12.5. The van der Waals surface area contributed by atoms with Gasteiger partial charge >= 0.3 is 0 Å². The number of nitrogens with zero attached hydrogens (tertiary/aromatic N) is 2. The molecule has 2 aromatic rings. The van der Waals surface area contributed by atoms with E-state index in [0.29, 0.717) is 0 Å². The van der Waals surface area contributed by atoms with Gasteiger partial charge in [-0.3, -0.25) is 4.98 Å². The van der Waals surface area contributed by atoms with Crippen molar-refractivity contribution in [3.63, 3.8) is 0 Å². The van der Waals surface area contributed by atoms with E-state index in [1.807, 2.05) is 25.1 Å². The van der Waals surface area contributed by atoms with Crippen LogP contribution in [0.25, 0.3) is 0 Å². The second-order valence-electron chi connectivity index (χ2n) is 4.93. The lowest BCUT2D eigenvalue weighted by molar-refractivity contribution is 0.521. The standard InChI is InChI=1S/C15H19N3O2S/c1-12(15-6-4-5-11-16-15)17-13-7-9-14(10-8-13)21(19,20)18(2)3/h4-12,17H,1-3H3. The summed E-state index contributed by atoms with van der Waals surface area (Å²) in [5.74, 6) is 0. The Balaban J connectivity index is 2.14. The Morgan fingerprint density at radius 3 is 2.29 bits per heavy atom. The molecule has 1 heterocycles. The molecule has 6 heteroatoms. The van der Waals surface area contributed by atoms with Gasteiger partial charge in [0.1, 0.15) is 0 Å². The summed E-state index contributed by atoms with van der Waals surface area (Å²) in [4.78, 5) is 4.57. The van der Waals surface area contributed by atoms with Crippen LogP contribution in [0.4, 0.5) is 5.69 Å². The van der Waals surface area contributed by atoms with Gasteiger partial charge < -0.3 is 5.32 Å². The minimum absolute atomic E-state index is 0.0440. The predicted molar refractivity (Wildman–Crippen MR) is 83.6 cm³/mol. The molecule has 1 aromatic heterocycles. The van der Waals surface area contributed by atoms with Crippen LogP contribution in [-0.4, -0.2) is 31.8 Å². The van der Waals surface area contributed by atoms with Crippen molar-refractivity contribution < 1.29 is 8.42 Å². The number of hydrogen-bond acceptors (Lipinski definition) is 4. The first kappa shape index (κ1) is 15.5. The smallest absolute Gasteiger partial charge is 0.242 e. The number of sulfonamides is 1. The van der Waals surface area contributed by atoms with Crippen LogP contribution in [-0.2, 0) is 10.0 Å². The summed E-state index contributed by atoms with van der Waals surface area (Å²) >= 11 is 0. The normalized spacial score (nSPS) is 13.1. The van der Waals surface area contributed by atoms with Crippen LogP contribution in [0.2, 0.25) is 0 Å². The number of pyridine rings is 1. The van der Waals surface area contributed by atoms with Crippen molar-refractivity contribution >= 4 is 15.7 Å². The highest BCUT2D eigenvalue weighted by Crippen LogP contribution is 2.20. The first-order valence-corrected chi connectivity index (χ1v) is 8.05. The Morgan fingerprint density at radius 2 is 1.76 bits per heavy atom. The first-order chi connectivity index (χ1) is 9.91. The number of rotatable bonds is 5. The summed E-state index contributed by atoms with van der Waals surface area (Å²) < 4.78 is 25.2. The zero-order valence-electron chi connectivity index (χ0n) is 12.3. The summed E-state index contributed by atoms with van der Waals surface area (Å²) in [7, 11) is -0.344. The molecule has 1 atom stereocenters. The van der Waals surface area contributed by atoms with E-state index in [-0.39, 0.29) is 10.9 Å². The maximum Gasteiger partial charge on any atom is 0.242 e. The third-order valence-electron chi connectivity index (χ3n) is 3.15. The van der Waals surface area contributed by atoms with E-state index >= 15 is 0 Å². The Hall–Kier alpha value is -1.92. The predicted octanol–water partition coefficient (Wildman–Crippen LogP) is 2.51. The van der Waals surface area contributed by atoms with Gasteiger partial charge in [0.25, 0.3) is 0 Å². The molecule has 0 radical (unpaired) electrons. The van der Waals surface area contributed by atoms with E-state index < -0.39 is 10.0 Å². The molecule has 1 aromatic carbocycles. The van der Waals surface area contributed by atoms with E-state index in [2.05, 4.69) is 10.3 Å². The highest BCUT2D eigenvalue weighted by Gasteiger charge is 2.16. The van der Waals surface area contributed by atoms with Gasteiger partial charge in [-0.25, -0.2) is 12.7 Å². The topological polar surface area (TPSA) is 62.3 Å². The lowest BCUT2D eigenvalue weighted by atomic mass is 10.2. The van der Waals surface area contributed by atoms with Crippen LogP contribution in [0.1, 0.15) is 18.7 Å². The third kappa shape index (κ3) is 3.59. The van der Waals surface area contributed by atoms with Gasteiger partial charge in [0.15, 0.2) is 0 Å². The van der Waals surface area contributed by atoms with Crippen molar-refractivity contribution in [1.82, 2.24) is 9.29 Å². The SMILES string of the molecule is CC(Nc1ccc(S(=O)(=O)N(C)C)cc1)c1ccccn1. The molecule has 0 saturated carbocycles. The van der Waals surface area contributed by atoms with Crippen molar-refractivity contribution in [1.29, 1.82) is 0 Å². The molecular weight excluding hydrogens is 286 g/mol. The average Bonchev–Trinajstić information content (AvgIpc) is 2.48. The fraction of sp³-hybridized carbons (Fsp3) is 0.267. The van der Waals surface area contributed by atoms with E-state index in [4.69, 9.17) is 0 Å². The molecule has 0 aliphatic heterocycles. The minimum Gasteiger partial charge on any atom is -0.377 e. The molecule has 0 fully saturated rings. The Labute approximate surface area is 125 Å². The van der Waals surface area contributed by atoms with Gasteiger partial charge in [0, 0.05) is 26.0 Å². The number of anilines is 1. The van der Waals surface area contributed by atoms with Crippen LogP contribution >= 0.6 is 0 Å². The number of benzene rings is 1. The Bertz CT molecular complexity index is 683. The summed E-state index contributed by atoms with van der Waals surface area (Å²) in [5, 5.41) is 3.30. The van der Waals surface area contributed by atoms with Crippen molar-refractivity contribution in [2.75, 3.05) is 19.4 Å². The van der Waals surface area contributed by atoms with Crippen LogP contribution in [0, 0.1) is 0 Å². The molecule has 0 amide bonds. The van der Waals surface area contributed by atoms with Gasteiger partial charge in [-0.2, -0.15) is 0 Å². The van der Waals surface area contributed by atoms with Crippen LogP contribution < -0.4 is 5.32 Å². The molecule has 112 valence electrons. The number of hydrogen-bond donors (Lipinski definition) is 1. The van der Waals surface area contributed by atoms with Crippen molar-refractivity contribution in [3.05, 3.63) is 54.4 Å². The van der Waals surface area contributed by atoms with E-state index in [9.17, 15) is 8.42 Å². The second-order valence-corrected chi connectivity index (χ2v) is 7.08. The highest BCUT2D eigenvalue weighted by molar-refractivity contribution is 7.89. The van der Waals surface area contributed by atoms with Gasteiger partial charge in [-0.1, -0.05) is 6.07 Å². The summed E-state index contributed by atoms with van der Waals surface area (Å²) in [5.41, 5.74) is 1.79.